The van der Waals surface area contributed by atoms with Crippen LogP contribution in [0.5, 0.6) is 0 Å². The van der Waals surface area contributed by atoms with Gasteiger partial charge in [-0.25, -0.2) is 4.39 Å². The van der Waals surface area contributed by atoms with Crippen LogP contribution < -0.4 is 5.32 Å². The molecule has 1 N–H and O–H groups in total. The molecule has 0 spiro atoms. The average Bonchev–Trinajstić information content (AvgIpc) is 2.28. The van der Waals surface area contributed by atoms with Crippen molar-refractivity contribution in [2.45, 2.75) is 26.4 Å². The van der Waals surface area contributed by atoms with E-state index in [2.05, 4.69) is 5.32 Å². The lowest BCUT2D eigenvalue weighted by Gasteiger charge is -2.11. The molecule has 0 saturated heterocycles. The van der Waals surface area contributed by atoms with Crippen molar-refractivity contribution in [2.24, 2.45) is 0 Å². The Morgan fingerprint density at radius 2 is 1.86 bits per heavy atom. The Kier molecular flexibility index (Phi) is 1.68. The zero-order valence-corrected chi connectivity index (χ0v) is 8.44. The van der Waals surface area contributed by atoms with Gasteiger partial charge in [0.25, 0.3) is 5.91 Å². The van der Waals surface area contributed by atoms with Crippen molar-refractivity contribution in [3.63, 3.8) is 0 Å². The van der Waals surface area contributed by atoms with Crippen molar-refractivity contribution in [3.05, 3.63) is 28.8 Å². The molecule has 0 unspecified atom stereocenters. The topological polar surface area (TPSA) is 29.1 Å². The molecule has 1 atom stereocenters. The molecule has 0 fully saturated rings. The highest BCUT2D eigenvalue weighted by atomic mass is 19.1. The van der Waals surface area contributed by atoms with E-state index in [1.54, 1.807) is 6.07 Å². The lowest BCUT2D eigenvalue weighted by atomic mass is 9.96. The van der Waals surface area contributed by atoms with Gasteiger partial charge in [0.1, 0.15) is 0 Å². The van der Waals surface area contributed by atoms with Crippen molar-refractivity contribution < 1.29 is 9.18 Å². The van der Waals surface area contributed by atoms with E-state index in [1.807, 2.05) is 19.9 Å². The number of benzene rings is 1. The molecule has 3 heteroatoms. The number of carbonyl (C=O) groups excluding carboxylic acids is 1. The Morgan fingerprint density at radius 3 is 2.50 bits per heavy atom. The zero-order valence-electron chi connectivity index (χ0n) is 8.44. The van der Waals surface area contributed by atoms with E-state index < -0.39 is 11.6 Å². The largest absolute Gasteiger partial charge is 0.323 e. The van der Waals surface area contributed by atoms with Crippen LogP contribution in [0.25, 0.3) is 0 Å². The van der Waals surface area contributed by atoms with Crippen LogP contribution in [0.3, 0.4) is 0 Å². The fourth-order valence-electron chi connectivity index (χ4n) is 1.67. The molecule has 1 heterocycles. The van der Waals surface area contributed by atoms with Crippen molar-refractivity contribution in [2.75, 3.05) is 5.32 Å². The minimum atomic E-state index is -1.88. The van der Waals surface area contributed by atoms with Crippen LogP contribution in [-0.2, 0) is 10.5 Å². The SMILES string of the molecule is Cc1cc2c(cc1C)[C@](C)(F)C(=O)N2. The third-order valence-electron chi connectivity index (χ3n) is 2.81. The van der Waals surface area contributed by atoms with E-state index in [1.165, 1.54) is 6.92 Å². The molecule has 1 amide bonds. The molecule has 1 aliphatic rings. The Bertz CT molecular complexity index is 424. The minimum Gasteiger partial charge on any atom is -0.323 e. The van der Waals surface area contributed by atoms with Crippen LogP contribution in [-0.4, -0.2) is 5.91 Å². The first-order valence-electron chi connectivity index (χ1n) is 4.55. The third kappa shape index (κ3) is 1.05. The number of aryl methyl sites for hydroxylation is 2. The molecule has 1 aromatic rings. The van der Waals surface area contributed by atoms with Gasteiger partial charge in [0.15, 0.2) is 0 Å². The normalized spacial score (nSPS) is 24.7. The van der Waals surface area contributed by atoms with E-state index in [9.17, 15) is 9.18 Å². The van der Waals surface area contributed by atoms with Crippen LogP contribution >= 0.6 is 0 Å². The van der Waals surface area contributed by atoms with E-state index in [4.69, 9.17) is 0 Å². The number of halogens is 1. The number of hydrogen-bond acceptors (Lipinski definition) is 1. The van der Waals surface area contributed by atoms with Gasteiger partial charge >= 0.3 is 0 Å². The van der Waals surface area contributed by atoms with Gasteiger partial charge in [0, 0.05) is 11.3 Å². The lowest BCUT2D eigenvalue weighted by Crippen LogP contribution is -2.25. The predicted molar refractivity (Wildman–Crippen MR) is 53.0 cm³/mol. The highest BCUT2D eigenvalue weighted by molar-refractivity contribution is 6.04. The Hall–Kier alpha value is -1.38. The van der Waals surface area contributed by atoms with Crippen LogP contribution in [0.15, 0.2) is 12.1 Å². The summed E-state index contributed by atoms with van der Waals surface area (Å²) >= 11 is 0. The monoisotopic (exact) mass is 193 g/mol. The molecule has 0 aliphatic carbocycles. The predicted octanol–water partition coefficient (Wildman–Crippen LogP) is 2.44. The number of amides is 1. The van der Waals surface area contributed by atoms with Gasteiger partial charge in [-0.2, -0.15) is 0 Å². The second-order valence-electron chi connectivity index (χ2n) is 3.94. The summed E-state index contributed by atoms with van der Waals surface area (Å²) < 4.78 is 13.9. The number of anilines is 1. The maximum atomic E-state index is 13.9. The van der Waals surface area contributed by atoms with E-state index in [0.29, 0.717) is 11.3 Å². The number of nitrogens with one attached hydrogen (secondary N) is 1. The van der Waals surface area contributed by atoms with Crippen molar-refractivity contribution in [3.8, 4) is 0 Å². The summed E-state index contributed by atoms with van der Waals surface area (Å²) in [7, 11) is 0. The number of carbonyl (C=O) groups is 1. The second kappa shape index (κ2) is 2.56. The first-order chi connectivity index (χ1) is 6.43. The highest BCUT2D eigenvalue weighted by Gasteiger charge is 2.43. The summed E-state index contributed by atoms with van der Waals surface area (Å²) in [5.74, 6) is -0.572. The summed E-state index contributed by atoms with van der Waals surface area (Å²) in [6.45, 7) is 5.15. The van der Waals surface area contributed by atoms with Gasteiger partial charge in [-0.05, 0) is 38.0 Å². The van der Waals surface area contributed by atoms with Crippen LogP contribution in [0.1, 0.15) is 23.6 Å². The fraction of sp³-hybridized carbons (Fsp3) is 0.364. The van der Waals surface area contributed by atoms with E-state index in [0.717, 1.165) is 11.1 Å². The summed E-state index contributed by atoms with van der Waals surface area (Å²) in [5.41, 5.74) is 1.23. The molecule has 14 heavy (non-hydrogen) atoms. The van der Waals surface area contributed by atoms with Gasteiger partial charge < -0.3 is 5.32 Å². The number of fused-ring (bicyclic) bond motifs is 1. The lowest BCUT2D eigenvalue weighted by molar-refractivity contribution is -0.125. The Balaban J connectivity index is 2.67. The van der Waals surface area contributed by atoms with Gasteiger partial charge in [0.2, 0.25) is 5.67 Å². The quantitative estimate of drug-likeness (QED) is 0.673. The van der Waals surface area contributed by atoms with Crippen molar-refractivity contribution >= 4 is 11.6 Å². The second-order valence-corrected chi connectivity index (χ2v) is 3.94. The molecular formula is C11H12FNO. The Morgan fingerprint density at radius 1 is 1.29 bits per heavy atom. The summed E-state index contributed by atoms with van der Waals surface area (Å²) in [6.07, 6.45) is 0. The van der Waals surface area contributed by atoms with Gasteiger partial charge in [-0.15, -0.1) is 0 Å². The number of alkyl halides is 1. The Labute approximate surface area is 82.1 Å². The van der Waals surface area contributed by atoms with Crippen LogP contribution in [0.2, 0.25) is 0 Å². The summed E-state index contributed by atoms with van der Waals surface area (Å²) in [4.78, 5) is 11.3. The molecule has 1 aromatic carbocycles. The van der Waals surface area contributed by atoms with Crippen LogP contribution in [0.4, 0.5) is 10.1 Å². The zero-order chi connectivity index (χ0) is 10.5. The molecule has 2 rings (SSSR count). The third-order valence-corrected chi connectivity index (χ3v) is 2.81. The first kappa shape index (κ1) is 9.19. The molecule has 2 nitrogen and oxygen atoms in total. The van der Waals surface area contributed by atoms with Crippen molar-refractivity contribution in [1.82, 2.24) is 0 Å². The first-order valence-corrected chi connectivity index (χ1v) is 4.55. The number of rotatable bonds is 0. The smallest absolute Gasteiger partial charge is 0.266 e. The standard InChI is InChI=1S/C11H12FNO/c1-6-4-8-9(5-7(6)2)13-10(14)11(8,3)12/h4-5H,1-3H3,(H,13,14)/t11-/m0/s1. The molecule has 0 radical (unpaired) electrons. The molecule has 0 bridgehead atoms. The fourth-order valence-corrected chi connectivity index (χ4v) is 1.67. The van der Waals surface area contributed by atoms with E-state index >= 15 is 0 Å². The molecule has 74 valence electrons. The maximum Gasteiger partial charge on any atom is 0.266 e. The number of hydrogen-bond donors (Lipinski definition) is 1. The maximum absolute atomic E-state index is 13.9. The van der Waals surface area contributed by atoms with Crippen molar-refractivity contribution in [1.29, 1.82) is 0 Å². The minimum absolute atomic E-state index is 0.450. The summed E-state index contributed by atoms with van der Waals surface area (Å²) in [5, 5.41) is 2.54. The van der Waals surface area contributed by atoms with E-state index in [-0.39, 0.29) is 0 Å². The molecule has 0 saturated carbocycles. The average molecular weight is 193 g/mol. The van der Waals surface area contributed by atoms with Gasteiger partial charge in [-0.1, -0.05) is 6.07 Å². The molecule has 0 aromatic heterocycles. The molecule has 1 aliphatic heterocycles. The van der Waals surface area contributed by atoms with Gasteiger partial charge in [0.05, 0.1) is 0 Å². The highest BCUT2D eigenvalue weighted by Crippen LogP contribution is 2.39. The summed E-state index contributed by atoms with van der Waals surface area (Å²) in [6, 6.07) is 3.55. The van der Waals surface area contributed by atoms with Crippen LogP contribution in [0, 0.1) is 13.8 Å². The molecular weight excluding hydrogens is 181 g/mol. The van der Waals surface area contributed by atoms with Gasteiger partial charge in [-0.3, -0.25) is 4.79 Å².